The first kappa shape index (κ1) is 19.0. The summed E-state index contributed by atoms with van der Waals surface area (Å²) < 4.78 is 27.1. The van der Waals surface area contributed by atoms with Gasteiger partial charge in [-0.25, -0.2) is 8.78 Å². The number of likely N-dealkylation sites (N-methyl/N-ethyl adjacent to an activating group) is 1. The highest BCUT2D eigenvalue weighted by Crippen LogP contribution is 2.43. The van der Waals surface area contributed by atoms with Gasteiger partial charge in [-0.2, -0.15) is 5.26 Å². The molecular formula is C19H18F2N4OS. The van der Waals surface area contributed by atoms with E-state index in [9.17, 15) is 13.6 Å². The molecule has 2 heterocycles. The van der Waals surface area contributed by atoms with Gasteiger partial charge >= 0.3 is 0 Å². The van der Waals surface area contributed by atoms with E-state index >= 15 is 0 Å². The summed E-state index contributed by atoms with van der Waals surface area (Å²) in [4.78, 5) is 14.9. The van der Waals surface area contributed by atoms with Crippen LogP contribution >= 0.6 is 11.3 Å². The molecule has 140 valence electrons. The lowest BCUT2D eigenvalue weighted by Crippen LogP contribution is -2.62. The summed E-state index contributed by atoms with van der Waals surface area (Å²) in [7, 11) is 1.49. The number of rotatable bonds is 3. The zero-order valence-electron chi connectivity index (χ0n) is 15.0. The van der Waals surface area contributed by atoms with Gasteiger partial charge in [0.15, 0.2) is 5.96 Å². The summed E-state index contributed by atoms with van der Waals surface area (Å²) in [5.41, 5.74) is -0.0745. The molecular weight excluding hydrogens is 370 g/mol. The fourth-order valence-corrected chi connectivity index (χ4v) is 4.25. The van der Waals surface area contributed by atoms with Crippen LogP contribution in [0.3, 0.4) is 0 Å². The molecule has 2 N–H and O–H groups in total. The Hall–Kier alpha value is -2.79. The average Bonchev–Trinajstić information content (AvgIpc) is 3.09. The number of hydrogen-bond acceptors (Lipinski definition) is 4. The van der Waals surface area contributed by atoms with Crippen LogP contribution in [0.1, 0.15) is 41.3 Å². The van der Waals surface area contributed by atoms with Crippen LogP contribution in [0.2, 0.25) is 0 Å². The fraction of sp³-hybridized carbons (Fsp3) is 0.316. The lowest BCUT2D eigenvalue weighted by Gasteiger charge is -2.45. The van der Waals surface area contributed by atoms with E-state index in [0.717, 1.165) is 11.8 Å². The second-order valence-electron chi connectivity index (χ2n) is 6.83. The van der Waals surface area contributed by atoms with Crippen LogP contribution in [0.25, 0.3) is 0 Å². The maximum Gasteiger partial charge on any atom is 0.270 e. The van der Waals surface area contributed by atoms with E-state index in [1.54, 1.807) is 18.4 Å². The summed E-state index contributed by atoms with van der Waals surface area (Å²) in [6.07, 6.45) is 0. The molecule has 0 saturated carbocycles. The highest BCUT2D eigenvalue weighted by atomic mass is 32.1. The standard InChI is InChI=1S/C19H18F2N4OS/c1-18(14-8-11(9-22)10-27-14)15(16(26)25(3)17(23)24-18)12-4-6-13(7-5-12)19(2,20)21/h4-8,10,15H,1-3H3,(H2,23,24)/t15-,18-/m1/s1. The van der Waals surface area contributed by atoms with Gasteiger partial charge in [0.1, 0.15) is 6.07 Å². The predicted octanol–water partition coefficient (Wildman–Crippen LogP) is 3.73. The number of halogens is 2. The summed E-state index contributed by atoms with van der Waals surface area (Å²) in [5.74, 6) is -4.07. The Morgan fingerprint density at radius 1 is 1.37 bits per heavy atom. The third-order valence-electron chi connectivity index (χ3n) is 4.86. The van der Waals surface area contributed by atoms with Crippen molar-refractivity contribution in [1.29, 1.82) is 10.7 Å². The van der Waals surface area contributed by atoms with Crippen molar-refractivity contribution in [3.63, 3.8) is 0 Å². The molecule has 2 aromatic rings. The van der Waals surface area contributed by atoms with Gasteiger partial charge in [-0.05, 0) is 18.6 Å². The van der Waals surface area contributed by atoms with Gasteiger partial charge in [0, 0.05) is 29.8 Å². The molecule has 1 aliphatic heterocycles. The Balaban J connectivity index is 2.11. The molecule has 1 fully saturated rings. The third kappa shape index (κ3) is 3.19. The zero-order chi connectivity index (χ0) is 20.0. The van der Waals surface area contributed by atoms with Gasteiger partial charge < -0.3 is 5.32 Å². The first-order valence-electron chi connectivity index (χ1n) is 8.19. The Kier molecular flexibility index (Phi) is 4.52. The largest absolute Gasteiger partial charge is 0.345 e. The second kappa shape index (κ2) is 6.43. The molecule has 1 aromatic carbocycles. The molecule has 0 spiro atoms. The molecule has 8 heteroatoms. The number of amides is 1. The molecule has 1 aromatic heterocycles. The van der Waals surface area contributed by atoms with Crippen LogP contribution in [-0.2, 0) is 16.3 Å². The van der Waals surface area contributed by atoms with Crippen molar-refractivity contribution in [1.82, 2.24) is 10.2 Å². The molecule has 1 saturated heterocycles. The highest BCUT2D eigenvalue weighted by Gasteiger charge is 2.49. The van der Waals surface area contributed by atoms with Gasteiger partial charge in [-0.1, -0.05) is 24.3 Å². The van der Waals surface area contributed by atoms with Crippen molar-refractivity contribution in [3.8, 4) is 6.07 Å². The lowest BCUT2D eigenvalue weighted by molar-refractivity contribution is -0.131. The number of guanidine groups is 1. The molecule has 0 aliphatic carbocycles. The van der Waals surface area contributed by atoms with Crippen molar-refractivity contribution in [2.24, 2.45) is 0 Å². The Morgan fingerprint density at radius 3 is 2.52 bits per heavy atom. The van der Waals surface area contributed by atoms with Gasteiger partial charge in [0.25, 0.3) is 5.92 Å². The molecule has 3 rings (SSSR count). The number of nitrogens with one attached hydrogen (secondary N) is 2. The number of benzene rings is 1. The minimum atomic E-state index is -2.97. The van der Waals surface area contributed by atoms with Gasteiger partial charge in [-0.15, -0.1) is 11.3 Å². The van der Waals surface area contributed by atoms with Crippen molar-refractivity contribution >= 4 is 23.2 Å². The van der Waals surface area contributed by atoms with Crippen molar-refractivity contribution in [2.45, 2.75) is 31.2 Å². The van der Waals surface area contributed by atoms with Crippen LogP contribution in [0.4, 0.5) is 8.78 Å². The molecule has 1 amide bonds. The fourth-order valence-electron chi connectivity index (χ4n) is 3.27. The van der Waals surface area contributed by atoms with Crippen molar-refractivity contribution < 1.29 is 13.6 Å². The average molecular weight is 388 g/mol. The Bertz CT molecular complexity index is 942. The zero-order valence-corrected chi connectivity index (χ0v) is 15.8. The molecule has 0 unspecified atom stereocenters. The van der Waals surface area contributed by atoms with Crippen LogP contribution in [0.15, 0.2) is 35.7 Å². The quantitative estimate of drug-likeness (QED) is 0.841. The van der Waals surface area contributed by atoms with E-state index in [2.05, 4.69) is 11.4 Å². The summed E-state index contributed by atoms with van der Waals surface area (Å²) >= 11 is 1.32. The molecule has 27 heavy (non-hydrogen) atoms. The lowest BCUT2D eigenvalue weighted by atomic mass is 9.76. The molecule has 0 radical (unpaired) electrons. The summed E-state index contributed by atoms with van der Waals surface area (Å²) in [6, 6.07) is 9.43. The predicted molar refractivity (Wildman–Crippen MR) is 98.8 cm³/mol. The number of nitrogens with zero attached hydrogens (tertiary/aromatic N) is 2. The second-order valence-corrected chi connectivity index (χ2v) is 7.74. The van der Waals surface area contributed by atoms with Crippen LogP contribution in [0.5, 0.6) is 0 Å². The van der Waals surface area contributed by atoms with E-state index in [4.69, 9.17) is 10.7 Å². The van der Waals surface area contributed by atoms with E-state index in [1.807, 2.05) is 0 Å². The normalized spacial score (nSPS) is 23.1. The summed E-state index contributed by atoms with van der Waals surface area (Å²) in [5, 5.41) is 21.9. The number of hydrogen-bond donors (Lipinski definition) is 2. The number of thiophene rings is 1. The Morgan fingerprint density at radius 2 is 2.00 bits per heavy atom. The number of alkyl halides is 2. The summed E-state index contributed by atoms with van der Waals surface area (Å²) in [6.45, 7) is 2.61. The monoisotopic (exact) mass is 388 g/mol. The van der Waals surface area contributed by atoms with Gasteiger partial charge in [-0.3, -0.25) is 15.1 Å². The Labute approximate surface area is 159 Å². The maximum absolute atomic E-state index is 13.5. The van der Waals surface area contributed by atoms with E-state index in [-0.39, 0.29) is 17.4 Å². The molecule has 2 atom stereocenters. The van der Waals surface area contributed by atoms with Crippen LogP contribution in [-0.4, -0.2) is 23.8 Å². The minimum Gasteiger partial charge on any atom is -0.345 e. The van der Waals surface area contributed by atoms with Crippen LogP contribution in [0, 0.1) is 16.7 Å². The number of carbonyl (C=O) groups is 1. The van der Waals surface area contributed by atoms with Crippen molar-refractivity contribution in [2.75, 3.05) is 7.05 Å². The molecule has 0 bridgehead atoms. The first-order valence-corrected chi connectivity index (χ1v) is 9.07. The third-order valence-corrected chi connectivity index (χ3v) is 6.03. The van der Waals surface area contributed by atoms with E-state index in [0.29, 0.717) is 11.1 Å². The van der Waals surface area contributed by atoms with Crippen LogP contribution < -0.4 is 5.32 Å². The maximum atomic E-state index is 13.5. The molecule has 1 aliphatic rings. The van der Waals surface area contributed by atoms with E-state index < -0.39 is 17.4 Å². The van der Waals surface area contributed by atoms with Gasteiger partial charge in [0.05, 0.1) is 17.0 Å². The number of carbonyl (C=O) groups excluding carboxylic acids is 1. The van der Waals surface area contributed by atoms with E-state index in [1.165, 1.54) is 47.5 Å². The SMILES string of the molecule is CN1C(=N)N[C@](C)(c2cc(C#N)cs2)[C@H](c2ccc(C(C)(F)F)cc2)C1=O. The smallest absolute Gasteiger partial charge is 0.270 e. The molecule has 5 nitrogen and oxygen atoms in total. The highest BCUT2D eigenvalue weighted by molar-refractivity contribution is 7.10. The first-order chi connectivity index (χ1) is 12.6. The van der Waals surface area contributed by atoms with Crippen molar-refractivity contribution in [3.05, 3.63) is 57.3 Å². The van der Waals surface area contributed by atoms with Gasteiger partial charge in [0.2, 0.25) is 5.91 Å². The topological polar surface area (TPSA) is 80.0 Å². The number of nitriles is 1. The minimum absolute atomic E-state index is 0.0534.